The third-order valence-electron chi connectivity index (χ3n) is 1.77. The van der Waals surface area contributed by atoms with Crippen LogP contribution < -0.4 is 0 Å². The number of hydrogen-bond acceptors (Lipinski definition) is 5. The van der Waals surface area contributed by atoms with Crippen LogP contribution in [0.25, 0.3) is 0 Å². The zero-order valence-corrected chi connectivity index (χ0v) is 10.1. The number of carbonyl (C=O) groups is 1. The van der Waals surface area contributed by atoms with Crippen LogP contribution in [0.15, 0.2) is 29.4 Å². The molecule has 0 radical (unpaired) electrons. The predicted molar refractivity (Wildman–Crippen MR) is 63.3 cm³/mol. The van der Waals surface area contributed by atoms with Crippen LogP contribution in [0.5, 0.6) is 0 Å². The molecule has 0 saturated carbocycles. The summed E-state index contributed by atoms with van der Waals surface area (Å²) in [4.78, 5) is 23.9. The van der Waals surface area contributed by atoms with Crippen molar-refractivity contribution in [3.05, 3.63) is 45.0 Å². The smallest absolute Gasteiger partial charge is 0.472 e. The normalized spacial score (nSPS) is 14.1. The summed E-state index contributed by atoms with van der Waals surface area (Å²) in [7, 11) is 0. The van der Waals surface area contributed by atoms with Crippen molar-refractivity contribution in [1.82, 2.24) is 0 Å². The Kier molecular flexibility index (Phi) is 4.46. The Morgan fingerprint density at radius 1 is 1.56 bits per heavy atom. The molecule has 0 bridgehead atoms. The Morgan fingerprint density at radius 2 is 2.17 bits per heavy atom. The molecule has 96 valence electrons. The molecule has 0 spiro atoms. The van der Waals surface area contributed by atoms with E-state index in [-0.39, 0.29) is 0 Å². The lowest BCUT2D eigenvalue weighted by Gasteiger charge is -2.09. The van der Waals surface area contributed by atoms with Gasteiger partial charge in [-0.3, -0.25) is 15.0 Å². The van der Waals surface area contributed by atoms with Crippen molar-refractivity contribution in [3.8, 4) is 0 Å². The Hall–Kier alpha value is -1.86. The van der Waals surface area contributed by atoms with Gasteiger partial charge >= 0.3 is 11.2 Å². The summed E-state index contributed by atoms with van der Waals surface area (Å²) in [6, 6.07) is 6.42. The Bertz CT molecular complexity index is 491. The number of carboxylic acids is 1. The van der Waals surface area contributed by atoms with Gasteiger partial charge in [0.2, 0.25) is 0 Å². The summed E-state index contributed by atoms with van der Waals surface area (Å²) in [6.45, 7) is 0. The highest BCUT2D eigenvalue weighted by atomic mass is 35.5. The van der Waals surface area contributed by atoms with E-state index >= 15 is 0 Å². The minimum absolute atomic E-state index is 0.321. The van der Waals surface area contributed by atoms with Gasteiger partial charge in [-0.1, -0.05) is 35.0 Å². The number of oxime groups is 1. The van der Waals surface area contributed by atoms with Crippen molar-refractivity contribution in [1.29, 1.82) is 0 Å². The number of carboxylic acid groups (broad SMARTS) is 1. The molecule has 1 N–H and O–H groups in total. The van der Waals surface area contributed by atoms with E-state index in [4.69, 9.17) is 28.3 Å². The molecule has 0 saturated heterocycles. The van der Waals surface area contributed by atoms with E-state index in [1.165, 1.54) is 0 Å². The first kappa shape index (κ1) is 14.2. The maximum atomic E-state index is 10.6. The number of hydrogen-bond donors (Lipinski definition) is 1. The maximum absolute atomic E-state index is 10.6. The minimum atomic E-state index is -3.16. The summed E-state index contributed by atoms with van der Waals surface area (Å²) in [5.41, 5.74) is 0.395. The quantitative estimate of drug-likeness (QED) is 0.223. The number of aliphatic carboxylic acids is 1. The average molecular weight is 293 g/mol. The molecule has 0 fully saturated rings. The first-order valence-electron chi connectivity index (χ1n) is 4.41. The number of nitro groups is 1. The van der Waals surface area contributed by atoms with Gasteiger partial charge in [-0.2, -0.15) is 0 Å². The van der Waals surface area contributed by atoms with Crippen LogP contribution in [0.3, 0.4) is 0 Å². The average Bonchev–Trinajstić information content (AvgIpc) is 2.30. The second-order valence-corrected chi connectivity index (χ2v) is 3.89. The van der Waals surface area contributed by atoms with E-state index in [1.54, 1.807) is 24.3 Å². The van der Waals surface area contributed by atoms with Gasteiger partial charge in [0, 0.05) is 22.2 Å². The Morgan fingerprint density at radius 3 is 2.67 bits per heavy atom. The Balaban J connectivity index is 2.84. The fraction of sp³-hybridized carbons (Fsp3) is 0.111. The maximum Gasteiger partial charge on any atom is 0.561 e. The highest BCUT2D eigenvalue weighted by Crippen LogP contribution is 2.19. The fourth-order valence-corrected chi connectivity index (χ4v) is 1.11. The molecule has 0 heterocycles. The SMILES string of the molecule is O=C(O)C(Cl)(ON=Cc1ccccc1Cl)[N+](=O)[O-]. The van der Waals surface area contributed by atoms with Gasteiger partial charge in [-0.05, 0) is 6.07 Å². The highest BCUT2D eigenvalue weighted by molar-refractivity contribution is 6.33. The molecule has 0 aliphatic carbocycles. The topological polar surface area (TPSA) is 102 Å². The van der Waals surface area contributed by atoms with Gasteiger partial charge in [0.05, 0.1) is 11.1 Å². The molecule has 1 aromatic rings. The van der Waals surface area contributed by atoms with E-state index in [9.17, 15) is 14.9 Å². The molecule has 0 aromatic heterocycles. The summed E-state index contributed by atoms with van der Waals surface area (Å²) >= 11 is 10.9. The van der Waals surface area contributed by atoms with Crippen LogP contribution >= 0.6 is 23.2 Å². The fourth-order valence-electron chi connectivity index (χ4n) is 0.883. The molecule has 1 unspecified atom stereocenters. The molecule has 18 heavy (non-hydrogen) atoms. The zero-order valence-electron chi connectivity index (χ0n) is 8.62. The molecule has 0 aliphatic heterocycles. The van der Waals surface area contributed by atoms with Gasteiger partial charge in [0.15, 0.2) is 0 Å². The van der Waals surface area contributed by atoms with E-state index in [0.717, 1.165) is 6.21 Å². The van der Waals surface area contributed by atoms with E-state index in [0.29, 0.717) is 10.6 Å². The molecule has 1 atom stereocenters. The largest absolute Gasteiger partial charge is 0.561 e. The predicted octanol–water partition coefficient (Wildman–Crippen LogP) is 1.94. The number of benzene rings is 1. The molecule has 1 rings (SSSR count). The van der Waals surface area contributed by atoms with E-state index in [2.05, 4.69) is 9.99 Å². The number of halogens is 2. The standard InChI is InChI=1S/C9H6Cl2N2O5/c10-7-4-2-1-3-6(7)5-12-18-9(11,8(14)15)13(16)17/h1-5H,(H,14,15). The van der Waals surface area contributed by atoms with E-state index < -0.39 is 16.1 Å². The number of rotatable bonds is 5. The molecule has 1 aromatic carbocycles. The number of alkyl halides is 1. The molecule has 0 aliphatic rings. The number of nitrogens with zero attached hydrogens (tertiary/aromatic N) is 2. The van der Waals surface area contributed by atoms with Crippen LogP contribution in [0.2, 0.25) is 5.02 Å². The van der Waals surface area contributed by atoms with Gasteiger partial charge in [0.25, 0.3) is 0 Å². The van der Waals surface area contributed by atoms with Gasteiger partial charge in [-0.15, -0.1) is 0 Å². The van der Waals surface area contributed by atoms with Gasteiger partial charge in [0.1, 0.15) is 0 Å². The lowest BCUT2D eigenvalue weighted by atomic mass is 10.2. The van der Waals surface area contributed by atoms with Crippen LogP contribution in [-0.2, 0) is 9.63 Å². The van der Waals surface area contributed by atoms with Crippen LogP contribution in [0, 0.1) is 10.1 Å². The van der Waals surface area contributed by atoms with Gasteiger partial charge < -0.3 is 5.11 Å². The third-order valence-corrected chi connectivity index (χ3v) is 2.48. The monoisotopic (exact) mass is 292 g/mol. The van der Waals surface area contributed by atoms with Crippen molar-refractivity contribution in [2.75, 3.05) is 0 Å². The lowest BCUT2D eigenvalue weighted by molar-refractivity contribution is -0.583. The minimum Gasteiger partial charge on any atom is -0.472 e. The lowest BCUT2D eigenvalue weighted by Crippen LogP contribution is -2.42. The summed E-state index contributed by atoms with van der Waals surface area (Å²) in [5, 5.41) is 19.3. The Labute approximate surface area is 111 Å². The van der Waals surface area contributed by atoms with Crippen molar-refractivity contribution in [2.24, 2.45) is 5.16 Å². The first-order valence-corrected chi connectivity index (χ1v) is 5.16. The molecule has 7 nitrogen and oxygen atoms in total. The molecular formula is C9H6Cl2N2O5. The van der Waals surface area contributed by atoms with Crippen molar-refractivity contribution in [3.63, 3.8) is 0 Å². The molecule has 0 amide bonds. The van der Waals surface area contributed by atoms with E-state index in [1.807, 2.05) is 0 Å². The van der Waals surface area contributed by atoms with Crippen molar-refractivity contribution < 1.29 is 19.7 Å². The summed E-state index contributed by atoms with van der Waals surface area (Å²) in [6.07, 6.45) is 1.02. The second-order valence-electron chi connectivity index (χ2n) is 2.97. The van der Waals surface area contributed by atoms with Crippen molar-refractivity contribution >= 4 is 35.4 Å². The highest BCUT2D eigenvalue weighted by Gasteiger charge is 2.54. The summed E-state index contributed by atoms with van der Waals surface area (Å²) in [5.74, 6) is -1.98. The molecular weight excluding hydrogens is 287 g/mol. The second kappa shape index (κ2) is 5.65. The third kappa shape index (κ3) is 3.08. The van der Waals surface area contributed by atoms with Crippen LogP contribution in [-0.4, -0.2) is 27.4 Å². The molecule has 9 heteroatoms. The first-order chi connectivity index (χ1) is 8.38. The van der Waals surface area contributed by atoms with Crippen molar-refractivity contribution in [2.45, 2.75) is 5.18 Å². The zero-order chi connectivity index (χ0) is 13.8. The van der Waals surface area contributed by atoms with Gasteiger partial charge in [-0.25, -0.2) is 4.79 Å². The van der Waals surface area contributed by atoms with Crippen LogP contribution in [0.4, 0.5) is 0 Å². The van der Waals surface area contributed by atoms with Crippen LogP contribution in [0.1, 0.15) is 5.56 Å². The summed E-state index contributed by atoms with van der Waals surface area (Å²) < 4.78 is 0.